The summed E-state index contributed by atoms with van der Waals surface area (Å²) in [5.41, 5.74) is 0. The van der Waals surface area contributed by atoms with Crippen LogP contribution in [-0.4, -0.2) is 61.9 Å². The lowest BCUT2D eigenvalue weighted by Crippen LogP contribution is -2.54. The molecule has 2 rings (SSSR count). The summed E-state index contributed by atoms with van der Waals surface area (Å²) in [4.78, 5) is 14.2. The van der Waals surface area contributed by atoms with E-state index in [9.17, 15) is 4.79 Å². The molecule has 0 aromatic heterocycles. The molecule has 0 spiro atoms. The van der Waals surface area contributed by atoms with Gasteiger partial charge in [-0.2, -0.15) is 0 Å². The molecule has 3 atom stereocenters. The Balaban J connectivity index is 1.88. The van der Waals surface area contributed by atoms with Gasteiger partial charge >= 0.3 is 0 Å². The number of nitrogens with zero attached hydrogens (tertiary/aromatic N) is 1. The predicted octanol–water partition coefficient (Wildman–Crippen LogP) is 0.000700. The third kappa shape index (κ3) is 3.18. The van der Waals surface area contributed by atoms with Crippen LogP contribution in [-0.2, 0) is 14.3 Å². The fourth-order valence-corrected chi connectivity index (χ4v) is 2.56. The van der Waals surface area contributed by atoms with Crippen LogP contribution in [0.15, 0.2) is 0 Å². The van der Waals surface area contributed by atoms with Crippen LogP contribution in [0.1, 0.15) is 20.3 Å². The van der Waals surface area contributed by atoms with Crippen LogP contribution in [0.3, 0.4) is 0 Å². The monoisotopic (exact) mass is 242 g/mol. The Labute approximate surface area is 102 Å². The molecule has 17 heavy (non-hydrogen) atoms. The second-order valence-corrected chi connectivity index (χ2v) is 4.97. The second-order valence-electron chi connectivity index (χ2n) is 4.97. The largest absolute Gasteiger partial charge is 0.378 e. The van der Waals surface area contributed by atoms with E-state index >= 15 is 0 Å². The van der Waals surface area contributed by atoms with Crippen molar-refractivity contribution in [2.24, 2.45) is 0 Å². The Kier molecular flexibility index (Phi) is 4.36. The van der Waals surface area contributed by atoms with Gasteiger partial charge in [-0.15, -0.1) is 0 Å². The number of morpholine rings is 2. The maximum atomic E-state index is 12.3. The van der Waals surface area contributed by atoms with Gasteiger partial charge in [-0.3, -0.25) is 4.79 Å². The van der Waals surface area contributed by atoms with Gasteiger partial charge in [-0.1, -0.05) is 0 Å². The molecule has 0 aliphatic carbocycles. The van der Waals surface area contributed by atoms with Crippen molar-refractivity contribution in [2.75, 3.05) is 33.0 Å². The Morgan fingerprint density at radius 3 is 2.53 bits per heavy atom. The van der Waals surface area contributed by atoms with E-state index in [1.54, 1.807) is 0 Å². The van der Waals surface area contributed by atoms with E-state index in [-0.39, 0.29) is 24.0 Å². The van der Waals surface area contributed by atoms with Gasteiger partial charge in [0.25, 0.3) is 0 Å². The van der Waals surface area contributed by atoms with Crippen molar-refractivity contribution in [3.05, 3.63) is 0 Å². The normalized spacial score (nSPS) is 34.7. The van der Waals surface area contributed by atoms with Crippen LogP contribution in [0.4, 0.5) is 0 Å². The van der Waals surface area contributed by atoms with Gasteiger partial charge in [0.1, 0.15) is 0 Å². The molecule has 2 fully saturated rings. The highest BCUT2D eigenvalue weighted by molar-refractivity contribution is 5.77. The zero-order valence-corrected chi connectivity index (χ0v) is 10.6. The average molecular weight is 242 g/mol. The Bertz CT molecular complexity index is 256. The van der Waals surface area contributed by atoms with Gasteiger partial charge in [-0.25, -0.2) is 0 Å². The van der Waals surface area contributed by atoms with Crippen LogP contribution in [0.25, 0.3) is 0 Å². The fourth-order valence-electron chi connectivity index (χ4n) is 2.56. The molecule has 98 valence electrons. The van der Waals surface area contributed by atoms with Crippen molar-refractivity contribution in [3.8, 4) is 0 Å². The third-order valence-electron chi connectivity index (χ3n) is 3.38. The summed E-state index contributed by atoms with van der Waals surface area (Å²) in [6, 6.07) is 0.519. The Morgan fingerprint density at radius 2 is 1.94 bits per heavy atom. The van der Waals surface area contributed by atoms with E-state index < -0.39 is 0 Å². The number of rotatable bonds is 2. The molecule has 0 aromatic rings. The summed E-state index contributed by atoms with van der Waals surface area (Å²) in [6.07, 6.45) is 0.522. The maximum Gasteiger partial charge on any atom is 0.224 e. The van der Waals surface area contributed by atoms with Crippen molar-refractivity contribution < 1.29 is 14.3 Å². The van der Waals surface area contributed by atoms with Crippen LogP contribution < -0.4 is 5.32 Å². The van der Waals surface area contributed by atoms with Crippen molar-refractivity contribution in [3.63, 3.8) is 0 Å². The number of hydrogen-bond donors (Lipinski definition) is 1. The average Bonchev–Trinajstić information content (AvgIpc) is 2.30. The molecule has 0 aromatic carbocycles. The second kappa shape index (κ2) is 5.80. The van der Waals surface area contributed by atoms with E-state index in [1.165, 1.54) is 0 Å². The van der Waals surface area contributed by atoms with Gasteiger partial charge < -0.3 is 19.7 Å². The molecule has 5 nitrogen and oxygen atoms in total. The molecule has 5 heteroatoms. The predicted molar refractivity (Wildman–Crippen MR) is 63.8 cm³/mol. The molecule has 2 heterocycles. The van der Waals surface area contributed by atoms with E-state index in [1.807, 2.05) is 18.7 Å². The zero-order valence-electron chi connectivity index (χ0n) is 10.6. The van der Waals surface area contributed by atoms with Crippen molar-refractivity contribution in [1.82, 2.24) is 10.2 Å². The minimum Gasteiger partial charge on any atom is -0.378 e. The molecule has 2 saturated heterocycles. The van der Waals surface area contributed by atoms with Crippen molar-refractivity contribution in [2.45, 2.75) is 38.4 Å². The highest BCUT2D eigenvalue weighted by Gasteiger charge is 2.31. The van der Waals surface area contributed by atoms with Crippen LogP contribution in [0, 0.1) is 0 Å². The van der Waals surface area contributed by atoms with Gasteiger partial charge in [0.05, 0.1) is 38.5 Å². The van der Waals surface area contributed by atoms with Gasteiger partial charge in [-0.05, 0) is 13.8 Å². The molecular weight excluding hydrogens is 220 g/mol. The summed E-state index contributed by atoms with van der Waals surface area (Å²) in [5.74, 6) is 0.205. The van der Waals surface area contributed by atoms with E-state index in [0.29, 0.717) is 26.2 Å². The lowest BCUT2D eigenvalue weighted by molar-refractivity contribution is -0.145. The summed E-state index contributed by atoms with van der Waals surface area (Å²) < 4.78 is 10.8. The number of ether oxygens (including phenoxy) is 2. The highest BCUT2D eigenvalue weighted by atomic mass is 16.5. The maximum absolute atomic E-state index is 12.3. The van der Waals surface area contributed by atoms with Crippen molar-refractivity contribution in [1.29, 1.82) is 0 Å². The summed E-state index contributed by atoms with van der Waals surface area (Å²) in [7, 11) is 0. The minimum absolute atomic E-state index is 0.165. The third-order valence-corrected chi connectivity index (χ3v) is 3.38. The molecule has 1 amide bonds. The smallest absolute Gasteiger partial charge is 0.224 e. The molecule has 1 N–H and O–H groups in total. The molecule has 0 bridgehead atoms. The standard InChI is InChI=1S/C12H22N2O3/c1-9-6-17-7-10(2)14(9)12(15)5-11-8-16-4-3-13-11/h9-11,13H,3-8H2,1-2H3. The van der Waals surface area contributed by atoms with Crippen LogP contribution in [0.5, 0.6) is 0 Å². The fraction of sp³-hybridized carbons (Fsp3) is 0.917. The van der Waals surface area contributed by atoms with E-state index in [4.69, 9.17) is 9.47 Å². The lowest BCUT2D eigenvalue weighted by atomic mass is 10.1. The first-order valence-corrected chi connectivity index (χ1v) is 6.38. The van der Waals surface area contributed by atoms with Gasteiger partial charge in [0.2, 0.25) is 5.91 Å². The highest BCUT2D eigenvalue weighted by Crippen LogP contribution is 2.15. The summed E-state index contributed by atoms with van der Waals surface area (Å²) in [6.45, 7) is 7.59. The topological polar surface area (TPSA) is 50.8 Å². The first-order chi connectivity index (χ1) is 8.18. The summed E-state index contributed by atoms with van der Waals surface area (Å²) >= 11 is 0. The lowest BCUT2D eigenvalue weighted by Gasteiger charge is -2.39. The number of carbonyl (C=O) groups is 1. The van der Waals surface area contributed by atoms with E-state index in [0.717, 1.165) is 13.2 Å². The molecule has 3 unspecified atom stereocenters. The first kappa shape index (κ1) is 12.8. The number of nitrogens with one attached hydrogen (secondary N) is 1. The molecule has 2 aliphatic heterocycles. The molecule has 0 radical (unpaired) electrons. The van der Waals surface area contributed by atoms with Gasteiger partial charge in [0.15, 0.2) is 0 Å². The Morgan fingerprint density at radius 1 is 1.24 bits per heavy atom. The quantitative estimate of drug-likeness (QED) is 0.740. The van der Waals surface area contributed by atoms with E-state index in [2.05, 4.69) is 5.32 Å². The molecule has 2 aliphatic rings. The number of hydrogen-bond acceptors (Lipinski definition) is 4. The SMILES string of the molecule is CC1COCC(C)N1C(=O)CC1COCCN1. The molecule has 0 saturated carbocycles. The van der Waals surface area contributed by atoms with Gasteiger partial charge in [0, 0.05) is 19.0 Å². The number of amides is 1. The van der Waals surface area contributed by atoms with Crippen LogP contribution in [0.2, 0.25) is 0 Å². The Hall–Kier alpha value is -0.650. The molecular formula is C12H22N2O3. The number of carbonyl (C=O) groups excluding carboxylic acids is 1. The van der Waals surface area contributed by atoms with Crippen molar-refractivity contribution >= 4 is 5.91 Å². The minimum atomic E-state index is 0.165. The first-order valence-electron chi connectivity index (χ1n) is 6.38. The summed E-state index contributed by atoms with van der Waals surface area (Å²) in [5, 5.41) is 3.31. The zero-order chi connectivity index (χ0) is 12.3. The van der Waals surface area contributed by atoms with Crippen LogP contribution >= 0.6 is 0 Å².